The van der Waals surface area contributed by atoms with Gasteiger partial charge >= 0.3 is 0 Å². The summed E-state index contributed by atoms with van der Waals surface area (Å²) in [6.45, 7) is 7.93. The van der Waals surface area contributed by atoms with Crippen molar-refractivity contribution in [3.8, 4) is 0 Å². The summed E-state index contributed by atoms with van der Waals surface area (Å²) in [5.41, 5.74) is 9.17. The van der Waals surface area contributed by atoms with Gasteiger partial charge in [0.2, 0.25) is 0 Å². The van der Waals surface area contributed by atoms with Crippen molar-refractivity contribution in [3.63, 3.8) is 0 Å². The fourth-order valence-corrected chi connectivity index (χ4v) is 2.30. The van der Waals surface area contributed by atoms with Crippen LogP contribution in [0.3, 0.4) is 0 Å². The van der Waals surface area contributed by atoms with Crippen LogP contribution in [0.1, 0.15) is 37.4 Å². The van der Waals surface area contributed by atoms with Gasteiger partial charge in [-0.05, 0) is 37.4 Å². The second-order valence-corrected chi connectivity index (χ2v) is 5.54. The summed E-state index contributed by atoms with van der Waals surface area (Å²) in [4.78, 5) is 11.1. The predicted molar refractivity (Wildman–Crippen MR) is 88.0 cm³/mol. The summed E-state index contributed by atoms with van der Waals surface area (Å²) in [5.74, 6) is 1.33. The summed E-state index contributed by atoms with van der Waals surface area (Å²) >= 11 is 0. The molecule has 0 spiro atoms. The van der Waals surface area contributed by atoms with Crippen LogP contribution in [0.15, 0.2) is 36.7 Å². The first-order valence-corrected chi connectivity index (χ1v) is 7.48. The van der Waals surface area contributed by atoms with E-state index in [1.165, 1.54) is 11.3 Å². The number of aromatic nitrogens is 2. The monoisotopic (exact) mass is 284 g/mol. The Kier molecular flexibility index (Phi) is 5.28. The summed E-state index contributed by atoms with van der Waals surface area (Å²) in [5, 5.41) is 0. The van der Waals surface area contributed by atoms with E-state index in [9.17, 15) is 0 Å². The van der Waals surface area contributed by atoms with Crippen molar-refractivity contribution in [2.45, 2.75) is 33.1 Å². The lowest BCUT2D eigenvalue weighted by molar-refractivity contribution is 0.787. The molecule has 2 aromatic rings. The van der Waals surface area contributed by atoms with E-state index in [1.54, 1.807) is 6.33 Å². The quantitative estimate of drug-likeness (QED) is 0.883. The Hall–Kier alpha value is -1.94. The zero-order valence-electron chi connectivity index (χ0n) is 13.1. The lowest BCUT2D eigenvalue weighted by atomic mass is 10.1. The van der Waals surface area contributed by atoms with Crippen molar-refractivity contribution in [2.24, 2.45) is 5.73 Å². The molecular weight excluding hydrogens is 260 g/mol. The van der Waals surface area contributed by atoms with Gasteiger partial charge in [0.1, 0.15) is 12.1 Å². The topological polar surface area (TPSA) is 55.0 Å². The maximum atomic E-state index is 5.69. The molecule has 2 N–H and O–H groups in total. The van der Waals surface area contributed by atoms with Gasteiger partial charge in [0.15, 0.2) is 0 Å². The molecule has 21 heavy (non-hydrogen) atoms. The smallest absolute Gasteiger partial charge is 0.136 e. The van der Waals surface area contributed by atoms with Gasteiger partial charge in [-0.3, -0.25) is 0 Å². The molecule has 0 amide bonds. The molecule has 0 bridgehead atoms. The van der Waals surface area contributed by atoms with Crippen molar-refractivity contribution in [3.05, 3.63) is 47.9 Å². The first kappa shape index (κ1) is 15.4. The Morgan fingerprint density at radius 3 is 2.62 bits per heavy atom. The molecule has 0 radical (unpaired) electrons. The first-order chi connectivity index (χ1) is 10.1. The first-order valence-electron chi connectivity index (χ1n) is 7.48. The minimum Gasteiger partial charge on any atom is -0.330 e. The Bertz CT molecular complexity index is 581. The Labute approximate surface area is 127 Å². The number of nitrogens with zero attached hydrogens (tertiary/aromatic N) is 3. The fraction of sp³-hybridized carbons (Fsp3) is 0.412. The molecule has 0 aliphatic rings. The maximum Gasteiger partial charge on any atom is 0.136 e. The molecule has 1 aromatic carbocycles. The number of para-hydroxylation sites is 1. The molecule has 0 saturated carbocycles. The normalized spacial score (nSPS) is 10.9. The van der Waals surface area contributed by atoms with E-state index < -0.39 is 0 Å². The van der Waals surface area contributed by atoms with Gasteiger partial charge in [-0.1, -0.05) is 32.0 Å². The van der Waals surface area contributed by atoms with E-state index in [2.05, 4.69) is 66.0 Å². The molecule has 1 aromatic heterocycles. The van der Waals surface area contributed by atoms with Crippen LogP contribution in [0.2, 0.25) is 0 Å². The Balaban J connectivity index is 2.40. The molecule has 4 nitrogen and oxygen atoms in total. The molecule has 1 heterocycles. The van der Waals surface area contributed by atoms with E-state index in [1.807, 2.05) is 0 Å². The molecular formula is C17H24N4. The molecule has 0 saturated heterocycles. The minimum absolute atomic E-state index is 0.389. The number of anilines is 2. The third kappa shape index (κ3) is 3.79. The van der Waals surface area contributed by atoms with Crippen LogP contribution < -0.4 is 10.6 Å². The van der Waals surface area contributed by atoms with Crippen molar-refractivity contribution in [1.29, 1.82) is 0 Å². The van der Waals surface area contributed by atoms with Gasteiger partial charge in [-0.2, -0.15) is 0 Å². The van der Waals surface area contributed by atoms with Gasteiger partial charge in [0.05, 0.1) is 0 Å². The molecule has 4 heteroatoms. The van der Waals surface area contributed by atoms with Crippen molar-refractivity contribution < 1.29 is 0 Å². The van der Waals surface area contributed by atoms with Gasteiger partial charge in [0, 0.05) is 24.0 Å². The molecule has 0 fully saturated rings. The molecule has 2 rings (SSSR count). The fourth-order valence-electron chi connectivity index (χ4n) is 2.30. The number of hydrogen-bond donors (Lipinski definition) is 1. The highest BCUT2D eigenvalue weighted by Gasteiger charge is 2.14. The van der Waals surface area contributed by atoms with Crippen molar-refractivity contribution >= 4 is 11.5 Å². The maximum absolute atomic E-state index is 5.69. The summed E-state index contributed by atoms with van der Waals surface area (Å²) in [6, 6.07) is 10.4. The largest absolute Gasteiger partial charge is 0.330 e. The van der Waals surface area contributed by atoms with Crippen LogP contribution in [0.4, 0.5) is 11.5 Å². The second-order valence-electron chi connectivity index (χ2n) is 5.54. The van der Waals surface area contributed by atoms with Gasteiger partial charge < -0.3 is 10.6 Å². The molecule has 0 aliphatic heterocycles. The SMILES string of the molecule is Cc1ccccc1N(CCCN)c1cc(C(C)C)ncn1. The lowest BCUT2D eigenvalue weighted by Gasteiger charge is -2.26. The Morgan fingerprint density at radius 1 is 1.19 bits per heavy atom. The average Bonchev–Trinajstić information content (AvgIpc) is 2.49. The summed E-state index contributed by atoms with van der Waals surface area (Å²) in [7, 11) is 0. The van der Waals surface area contributed by atoms with Crippen LogP contribution in [-0.4, -0.2) is 23.1 Å². The van der Waals surface area contributed by atoms with Crippen LogP contribution >= 0.6 is 0 Å². The minimum atomic E-state index is 0.389. The van der Waals surface area contributed by atoms with Crippen LogP contribution in [-0.2, 0) is 0 Å². The van der Waals surface area contributed by atoms with Gasteiger partial charge in [-0.25, -0.2) is 9.97 Å². The highest BCUT2D eigenvalue weighted by Crippen LogP contribution is 2.28. The van der Waals surface area contributed by atoms with Gasteiger partial charge in [0.25, 0.3) is 0 Å². The van der Waals surface area contributed by atoms with Crippen LogP contribution in [0, 0.1) is 6.92 Å². The second kappa shape index (κ2) is 7.18. The molecule has 0 aliphatic carbocycles. The van der Waals surface area contributed by atoms with Crippen LogP contribution in [0.25, 0.3) is 0 Å². The summed E-state index contributed by atoms with van der Waals surface area (Å²) < 4.78 is 0. The van der Waals surface area contributed by atoms with Crippen molar-refractivity contribution in [1.82, 2.24) is 9.97 Å². The number of hydrogen-bond acceptors (Lipinski definition) is 4. The Morgan fingerprint density at radius 2 is 1.95 bits per heavy atom. The van der Waals surface area contributed by atoms with Gasteiger partial charge in [-0.15, -0.1) is 0 Å². The average molecular weight is 284 g/mol. The van der Waals surface area contributed by atoms with Crippen molar-refractivity contribution in [2.75, 3.05) is 18.0 Å². The van der Waals surface area contributed by atoms with Crippen LogP contribution in [0.5, 0.6) is 0 Å². The van der Waals surface area contributed by atoms with E-state index >= 15 is 0 Å². The van der Waals surface area contributed by atoms with E-state index in [-0.39, 0.29) is 0 Å². The van der Waals surface area contributed by atoms with E-state index in [0.717, 1.165) is 24.5 Å². The zero-order chi connectivity index (χ0) is 15.2. The summed E-state index contributed by atoms with van der Waals surface area (Å²) in [6.07, 6.45) is 2.58. The molecule has 0 unspecified atom stereocenters. The van der Waals surface area contributed by atoms with E-state index in [0.29, 0.717) is 12.5 Å². The van der Waals surface area contributed by atoms with E-state index in [4.69, 9.17) is 5.73 Å². The highest BCUT2D eigenvalue weighted by molar-refractivity contribution is 5.63. The molecule has 112 valence electrons. The third-order valence-corrected chi connectivity index (χ3v) is 3.53. The number of nitrogens with two attached hydrogens (primary N) is 1. The number of aryl methyl sites for hydroxylation is 1. The standard InChI is InChI=1S/C17H24N4/c1-13(2)15-11-17(20-12-19-15)21(10-6-9-18)16-8-5-4-7-14(16)3/h4-5,7-8,11-13H,6,9-10,18H2,1-3H3. The lowest BCUT2D eigenvalue weighted by Crippen LogP contribution is -2.23. The number of benzene rings is 1. The third-order valence-electron chi connectivity index (χ3n) is 3.53. The zero-order valence-corrected chi connectivity index (χ0v) is 13.1. The number of rotatable bonds is 6. The highest BCUT2D eigenvalue weighted by atomic mass is 15.2. The predicted octanol–water partition coefficient (Wildman–Crippen LogP) is 3.40. The molecule has 0 atom stereocenters.